The molecule has 1 atom stereocenters. The van der Waals surface area contributed by atoms with Crippen LogP contribution >= 0.6 is 12.4 Å². The zero-order chi connectivity index (χ0) is 9.14. The van der Waals surface area contributed by atoms with Crippen LogP contribution in [0.3, 0.4) is 0 Å². The first-order valence-corrected chi connectivity index (χ1v) is 3.50. The average molecular weight is 208 g/mol. The van der Waals surface area contributed by atoms with Gasteiger partial charge in [-0.25, -0.2) is 4.39 Å². The Balaban J connectivity index is 0.00000144. The molecule has 0 aliphatic carbocycles. The van der Waals surface area contributed by atoms with Crippen molar-refractivity contribution in [3.05, 3.63) is 29.6 Å². The second-order valence-corrected chi connectivity index (χ2v) is 2.47. The molecule has 4 N–H and O–H groups in total. The lowest BCUT2D eigenvalue weighted by atomic mass is 10.1. The quantitative estimate of drug-likeness (QED) is 0.677. The topological polar surface area (TPSA) is 66.5 Å². The van der Waals surface area contributed by atoms with Gasteiger partial charge in [0.25, 0.3) is 0 Å². The van der Waals surface area contributed by atoms with Gasteiger partial charge in [-0.05, 0) is 6.07 Å². The minimum absolute atomic E-state index is 0. The Labute approximate surface area is 81.4 Å². The number of rotatable bonds is 2. The Morgan fingerprint density at radius 2 is 2.08 bits per heavy atom. The standard InChI is InChI=1S/C8H10FNO2.ClH/c9-6-3-1-2-5(8(6)12)7(10)4-11;/h1-3,7,11-12H,4,10H2;1H/t7-;/m1./s1. The van der Waals surface area contributed by atoms with Gasteiger partial charge >= 0.3 is 0 Å². The van der Waals surface area contributed by atoms with Gasteiger partial charge in [0.05, 0.1) is 12.6 Å². The van der Waals surface area contributed by atoms with Gasteiger partial charge in [0.2, 0.25) is 0 Å². The fourth-order valence-electron chi connectivity index (χ4n) is 0.930. The van der Waals surface area contributed by atoms with Gasteiger partial charge in [-0.1, -0.05) is 12.1 Å². The minimum Gasteiger partial charge on any atom is -0.505 e. The molecule has 0 heterocycles. The number of phenolic OH excluding ortho intramolecular Hbond substituents is 1. The van der Waals surface area contributed by atoms with E-state index in [9.17, 15) is 4.39 Å². The molecule has 1 aromatic carbocycles. The maximum absolute atomic E-state index is 12.7. The molecule has 0 aromatic heterocycles. The van der Waals surface area contributed by atoms with E-state index in [1.165, 1.54) is 12.1 Å². The summed E-state index contributed by atoms with van der Waals surface area (Å²) in [5.74, 6) is -1.21. The molecule has 0 saturated heterocycles. The second-order valence-electron chi connectivity index (χ2n) is 2.47. The molecular weight excluding hydrogens is 197 g/mol. The summed E-state index contributed by atoms with van der Waals surface area (Å²) in [4.78, 5) is 0. The van der Waals surface area contributed by atoms with Crippen LogP contribution < -0.4 is 5.73 Å². The number of aromatic hydroxyl groups is 1. The monoisotopic (exact) mass is 207 g/mol. The molecule has 0 spiro atoms. The van der Waals surface area contributed by atoms with Crippen LogP contribution in [0.4, 0.5) is 4.39 Å². The van der Waals surface area contributed by atoms with E-state index in [4.69, 9.17) is 15.9 Å². The number of hydrogen-bond acceptors (Lipinski definition) is 3. The van der Waals surface area contributed by atoms with Crippen LogP contribution in [-0.4, -0.2) is 16.8 Å². The number of nitrogens with two attached hydrogens (primary N) is 1. The van der Waals surface area contributed by atoms with Crippen LogP contribution in [0.25, 0.3) is 0 Å². The van der Waals surface area contributed by atoms with Crippen molar-refractivity contribution in [1.82, 2.24) is 0 Å². The first-order chi connectivity index (χ1) is 5.66. The van der Waals surface area contributed by atoms with E-state index in [2.05, 4.69) is 0 Å². The van der Waals surface area contributed by atoms with E-state index < -0.39 is 17.6 Å². The Morgan fingerprint density at radius 3 is 2.62 bits per heavy atom. The molecule has 0 aliphatic rings. The lowest BCUT2D eigenvalue weighted by Gasteiger charge is -2.10. The highest BCUT2D eigenvalue weighted by Crippen LogP contribution is 2.24. The highest BCUT2D eigenvalue weighted by atomic mass is 35.5. The summed E-state index contributed by atoms with van der Waals surface area (Å²) < 4.78 is 12.7. The zero-order valence-corrected chi connectivity index (χ0v) is 7.59. The van der Waals surface area contributed by atoms with Crippen molar-refractivity contribution in [2.75, 3.05) is 6.61 Å². The molecule has 0 radical (unpaired) electrons. The third-order valence-corrected chi connectivity index (χ3v) is 1.61. The molecule has 0 aliphatic heterocycles. The molecule has 0 amide bonds. The van der Waals surface area contributed by atoms with E-state index >= 15 is 0 Å². The average Bonchev–Trinajstić information content (AvgIpc) is 2.08. The smallest absolute Gasteiger partial charge is 0.165 e. The molecule has 3 nitrogen and oxygen atoms in total. The fraction of sp³-hybridized carbons (Fsp3) is 0.250. The number of hydrogen-bond donors (Lipinski definition) is 3. The molecule has 5 heteroatoms. The maximum Gasteiger partial charge on any atom is 0.165 e. The van der Waals surface area contributed by atoms with Crippen LogP contribution in [0.5, 0.6) is 5.75 Å². The van der Waals surface area contributed by atoms with Gasteiger partial charge < -0.3 is 15.9 Å². The fourth-order valence-corrected chi connectivity index (χ4v) is 0.930. The van der Waals surface area contributed by atoms with Gasteiger partial charge in [0, 0.05) is 5.56 Å². The summed E-state index contributed by atoms with van der Waals surface area (Å²) in [6.45, 7) is -0.322. The SMILES string of the molecule is Cl.N[C@H](CO)c1cccc(F)c1O. The lowest BCUT2D eigenvalue weighted by Crippen LogP contribution is -2.14. The number of halogens is 2. The van der Waals surface area contributed by atoms with Crippen molar-refractivity contribution in [2.24, 2.45) is 5.73 Å². The molecule has 74 valence electrons. The third kappa shape index (κ3) is 2.55. The summed E-state index contributed by atoms with van der Waals surface area (Å²) in [5, 5.41) is 17.8. The van der Waals surface area contributed by atoms with Crippen LogP contribution in [0.15, 0.2) is 18.2 Å². The van der Waals surface area contributed by atoms with Crippen molar-refractivity contribution in [3.63, 3.8) is 0 Å². The van der Waals surface area contributed by atoms with Crippen LogP contribution in [0.2, 0.25) is 0 Å². The number of aliphatic hydroxyl groups is 1. The van der Waals surface area contributed by atoms with E-state index in [1.54, 1.807) is 0 Å². The molecule has 1 rings (SSSR count). The summed E-state index contributed by atoms with van der Waals surface area (Å²) in [6, 6.07) is 3.29. The zero-order valence-electron chi connectivity index (χ0n) is 6.77. The predicted octanol–water partition coefficient (Wildman–Crippen LogP) is 0.945. The number of phenols is 1. The van der Waals surface area contributed by atoms with E-state index in [-0.39, 0.29) is 24.6 Å². The molecule has 1 aromatic rings. The summed E-state index contributed by atoms with van der Waals surface area (Å²) in [7, 11) is 0. The maximum atomic E-state index is 12.7. The first-order valence-electron chi connectivity index (χ1n) is 3.50. The highest BCUT2D eigenvalue weighted by molar-refractivity contribution is 5.85. The van der Waals surface area contributed by atoms with Crippen molar-refractivity contribution in [1.29, 1.82) is 0 Å². The van der Waals surface area contributed by atoms with Crippen LogP contribution in [-0.2, 0) is 0 Å². The Bertz CT molecular complexity index is 283. The first kappa shape index (κ1) is 12.2. The van der Waals surface area contributed by atoms with Crippen molar-refractivity contribution < 1.29 is 14.6 Å². The van der Waals surface area contributed by atoms with Crippen molar-refractivity contribution in [2.45, 2.75) is 6.04 Å². The minimum atomic E-state index is -0.735. The van der Waals surface area contributed by atoms with Gasteiger partial charge in [-0.3, -0.25) is 0 Å². The lowest BCUT2D eigenvalue weighted by molar-refractivity contribution is 0.264. The summed E-state index contributed by atoms with van der Waals surface area (Å²) in [6.07, 6.45) is 0. The molecule has 0 unspecified atom stereocenters. The predicted molar refractivity (Wildman–Crippen MR) is 49.3 cm³/mol. The summed E-state index contributed by atoms with van der Waals surface area (Å²) >= 11 is 0. The second kappa shape index (κ2) is 5.01. The largest absolute Gasteiger partial charge is 0.505 e. The van der Waals surface area contributed by atoms with Gasteiger partial charge in [0.1, 0.15) is 0 Å². The van der Waals surface area contributed by atoms with Crippen LogP contribution in [0.1, 0.15) is 11.6 Å². The van der Waals surface area contributed by atoms with E-state index in [1.807, 2.05) is 0 Å². The Morgan fingerprint density at radius 1 is 1.46 bits per heavy atom. The molecule has 0 saturated carbocycles. The summed E-state index contributed by atoms with van der Waals surface area (Å²) in [5.41, 5.74) is 5.61. The molecule has 0 bridgehead atoms. The highest BCUT2D eigenvalue weighted by Gasteiger charge is 2.12. The molecule has 13 heavy (non-hydrogen) atoms. The number of aliphatic hydroxyl groups excluding tert-OH is 1. The molecular formula is C8H11ClFNO2. The third-order valence-electron chi connectivity index (χ3n) is 1.61. The number of para-hydroxylation sites is 1. The van der Waals surface area contributed by atoms with Gasteiger partial charge in [-0.2, -0.15) is 0 Å². The molecule has 0 fully saturated rings. The van der Waals surface area contributed by atoms with Crippen molar-refractivity contribution in [3.8, 4) is 5.75 Å². The van der Waals surface area contributed by atoms with Gasteiger partial charge in [-0.15, -0.1) is 12.4 Å². The Kier molecular flexibility index (Phi) is 4.69. The van der Waals surface area contributed by atoms with Crippen LogP contribution in [0, 0.1) is 5.82 Å². The van der Waals surface area contributed by atoms with E-state index in [0.29, 0.717) is 0 Å². The number of benzene rings is 1. The van der Waals surface area contributed by atoms with E-state index in [0.717, 1.165) is 6.07 Å². The Hall–Kier alpha value is -0.840. The van der Waals surface area contributed by atoms with Gasteiger partial charge in [0.15, 0.2) is 11.6 Å². The normalized spacial score (nSPS) is 11.9. The van der Waals surface area contributed by atoms with Crippen molar-refractivity contribution >= 4 is 12.4 Å².